The van der Waals surface area contributed by atoms with E-state index in [-0.39, 0.29) is 10.8 Å². The normalized spacial score (nSPS) is 12.5. The number of rotatable bonds is 2. The van der Waals surface area contributed by atoms with E-state index < -0.39 is 0 Å². The van der Waals surface area contributed by atoms with Crippen molar-refractivity contribution in [2.45, 2.75) is 52.4 Å². The fourth-order valence-electron chi connectivity index (χ4n) is 2.46. The van der Waals surface area contributed by atoms with Crippen LogP contribution in [0.5, 0.6) is 0 Å². The van der Waals surface area contributed by atoms with E-state index in [4.69, 9.17) is 11.5 Å². The Labute approximate surface area is 153 Å². The molecule has 4 N–H and O–H groups in total. The van der Waals surface area contributed by atoms with E-state index in [0.717, 1.165) is 11.4 Å². The van der Waals surface area contributed by atoms with Gasteiger partial charge in [0.1, 0.15) is 18.0 Å². The molecule has 0 aliphatic heterocycles. The SMILES string of the molecule is CC(C)(C)c1cc(N)n(-c2cc(-n3nc(C(C)(C)C)cc3N)ncn2)n1. The molecule has 0 aromatic carbocycles. The van der Waals surface area contributed by atoms with Gasteiger partial charge >= 0.3 is 0 Å². The molecule has 0 spiro atoms. The number of anilines is 2. The van der Waals surface area contributed by atoms with E-state index in [2.05, 4.69) is 61.7 Å². The van der Waals surface area contributed by atoms with Crippen molar-refractivity contribution in [1.82, 2.24) is 29.5 Å². The predicted molar refractivity (Wildman–Crippen MR) is 103 cm³/mol. The van der Waals surface area contributed by atoms with Gasteiger partial charge in [-0.3, -0.25) is 0 Å². The lowest BCUT2D eigenvalue weighted by atomic mass is 9.92. The van der Waals surface area contributed by atoms with Crippen molar-refractivity contribution in [3.05, 3.63) is 35.9 Å². The van der Waals surface area contributed by atoms with Crippen molar-refractivity contribution < 1.29 is 0 Å². The highest BCUT2D eigenvalue weighted by atomic mass is 15.4. The highest BCUT2D eigenvalue weighted by Crippen LogP contribution is 2.26. The van der Waals surface area contributed by atoms with Gasteiger partial charge in [-0.1, -0.05) is 41.5 Å². The number of aromatic nitrogens is 6. The summed E-state index contributed by atoms with van der Waals surface area (Å²) in [6.07, 6.45) is 1.46. The van der Waals surface area contributed by atoms with Crippen LogP contribution in [0.25, 0.3) is 11.6 Å². The third-order valence-electron chi connectivity index (χ3n) is 4.08. The summed E-state index contributed by atoms with van der Waals surface area (Å²) in [5, 5.41) is 9.19. The molecule has 0 saturated heterocycles. The van der Waals surface area contributed by atoms with Gasteiger partial charge in [0.05, 0.1) is 11.4 Å². The average Bonchev–Trinajstić information content (AvgIpc) is 3.10. The number of hydrogen-bond donors (Lipinski definition) is 2. The highest BCUT2D eigenvalue weighted by Gasteiger charge is 2.22. The quantitative estimate of drug-likeness (QED) is 0.731. The topological polar surface area (TPSA) is 113 Å². The van der Waals surface area contributed by atoms with Gasteiger partial charge in [0.2, 0.25) is 0 Å². The van der Waals surface area contributed by atoms with Crippen LogP contribution in [0.1, 0.15) is 52.9 Å². The zero-order valence-corrected chi connectivity index (χ0v) is 16.1. The Morgan fingerprint density at radius 2 is 1.08 bits per heavy atom. The van der Waals surface area contributed by atoms with Gasteiger partial charge in [-0.25, -0.2) is 9.97 Å². The Balaban J connectivity index is 2.05. The van der Waals surface area contributed by atoms with Crippen LogP contribution >= 0.6 is 0 Å². The van der Waals surface area contributed by atoms with E-state index in [1.807, 2.05) is 12.1 Å². The third kappa shape index (κ3) is 3.26. The van der Waals surface area contributed by atoms with Gasteiger partial charge in [-0.2, -0.15) is 19.6 Å². The summed E-state index contributed by atoms with van der Waals surface area (Å²) in [6, 6.07) is 5.50. The second-order valence-electron chi connectivity index (χ2n) is 8.47. The Morgan fingerprint density at radius 1 is 0.692 bits per heavy atom. The lowest BCUT2D eigenvalue weighted by molar-refractivity contribution is 0.558. The highest BCUT2D eigenvalue weighted by molar-refractivity contribution is 5.46. The van der Waals surface area contributed by atoms with Crippen LogP contribution in [0, 0.1) is 0 Å². The Bertz CT molecular complexity index is 863. The smallest absolute Gasteiger partial charge is 0.161 e. The van der Waals surface area contributed by atoms with Crippen molar-refractivity contribution in [2.24, 2.45) is 0 Å². The first-order valence-electron chi connectivity index (χ1n) is 8.51. The van der Waals surface area contributed by atoms with Crippen LogP contribution in [-0.4, -0.2) is 29.5 Å². The van der Waals surface area contributed by atoms with Gasteiger partial charge in [-0.05, 0) is 0 Å². The summed E-state index contributed by atoms with van der Waals surface area (Å²) in [5.41, 5.74) is 13.9. The number of nitrogens with two attached hydrogens (primary N) is 2. The zero-order valence-electron chi connectivity index (χ0n) is 16.1. The second-order valence-corrected chi connectivity index (χ2v) is 8.47. The monoisotopic (exact) mass is 354 g/mol. The minimum atomic E-state index is -0.108. The lowest BCUT2D eigenvalue weighted by Gasteiger charge is -2.14. The molecule has 8 nitrogen and oxygen atoms in total. The molecular weight excluding hydrogens is 328 g/mol. The van der Waals surface area contributed by atoms with E-state index >= 15 is 0 Å². The molecule has 0 atom stereocenters. The van der Waals surface area contributed by atoms with Gasteiger partial charge in [0.25, 0.3) is 0 Å². The minimum absolute atomic E-state index is 0.108. The molecule has 0 aliphatic rings. The van der Waals surface area contributed by atoms with Gasteiger partial charge in [-0.15, -0.1) is 0 Å². The first-order valence-corrected chi connectivity index (χ1v) is 8.51. The van der Waals surface area contributed by atoms with Crippen molar-refractivity contribution in [3.63, 3.8) is 0 Å². The molecule has 3 heterocycles. The summed E-state index contributed by atoms with van der Waals surface area (Å²) in [7, 11) is 0. The Kier molecular flexibility index (Phi) is 4.01. The largest absolute Gasteiger partial charge is 0.384 e. The van der Waals surface area contributed by atoms with Crippen LogP contribution in [0.4, 0.5) is 11.6 Å². The molecular formula is C18H26N8. The molecule has 0 aliphatic carbocycles. The van der Waals surface area contributed by atoms with Gasteiger partial charge < -0.3 is 11.5 Å². The maximum atomic E-state index is 6.14. The van der Waals surface area contributed by atoms with Gasteiger partial charge in [0, 0.05) is 29.0 Å². The molecule has 3 aromatic rings. The van der Waals surface area contributed by atoms with E-state index in [1.54, 1.807) is 15.4 Å². The van der Waals surface area contributed by atoms with Gasteiger partial charge in [0.15, 0.2) is 11.6 Å². The molecule has 0 saturated carbocycles. The number of hydrogen-bond acceptors (Lipinski definition) is 6. The van der Waals surface area contributed by atoms with Crippen LogP contribution in [-0.2, 0) is 10.8 Å². The molecule has 26 heavy (non-hydrogen) atoms. The molecule has 0 unspecified atom stereocenters. The van der Waals surface area contributed by atoms with Crippen molar-refractivity contribution in [3.8, 4) is 11.6 Å². The Hall–Kier alpha value is -2.90. The molecule has 0 fully saturated rings. The molecule has 0 amide bonds. The standard InChI is InChI=1S/C18H26N8/c1-17(2,3)11-7-13(19)25(23-11)15-9-16(22-10-21-15)26-14(20)8-12(24-26)18(4,5)6/h7-10H,19-20H2,1-6H3. The summed E-state index contributed by atoms with van der Waals surface area (Å²) in [5.74, 6) is 2.16. The fourth-order valence-corrected chi connectivity index (χ4v) is 2.46. The summed E-state index contributed by atoms with van der Waals surface area (Å²) >= 11 is 0. The van der Waals surface area contributed by atoms with E-state index in [0.29, 0.717) is 23.3 Å². The third-order valence-corrected chi connectivity index (χ3v) is 4.08. The molecule has 3 aromatic heterocycles. The van der Waals surface area contributed by atoms with Crippen molar-refractivity contribution in [2.75, 3.05) is 11.5 Å². The fraction of sp³-hybridized carbons (Fsp3) is 0.444. The second kappa shape index (κ2) is 5.82. The number of nitrogen functional groups attached to an aromatic ring is 2. The minimum Gasteiger partial charge on any atom is -0.384 e. The molecule has 3 rings (SSSR count). The summed E-state index contributed by atoms with van der Waals surface area (Å²) < 4.78 is 3.21. The van der Waals surface area contributed by atoms with Crippen LogP contribution in [0.15, 0.2) is 24.5 Å². The lowest BCUT2D eigenvalue weighted by Crippen LogP contribution is -2.14. The summed E-state index contributed by atoms with van der Waals surface area (Å²) in [6.45, 7) is 12.5. The van der Waals surface area contributed by atoms with E-state index in [1.165, 1.54) is 6.33 Å². The van der Waals surface area contributed by atoms with Crippen molar-refractivity contribution >= 4 is 11.6 Å². The van der Waals surface area contributed by atoms with Crippen LogP contribution < -0.4 is 11.5 Å². The zero-order chi connectivity index (χ0) is 19.3. The predicted octanol–water partition coefficient (Wildman–Crippen LogP) is 2.61. The molecule has 0 bridgehead atoms. The first kappa shape index (κ1) is 17.9. The van der Waals surface area contributed by atoms with Crippen LogP contribution in [0.2, 0.25) is 0 Å². The maximum Gasteiger partial charge on any atom is 0.161 e. The van der Waals surface area contributed by atoms with Crippen molar-refractivity contribution in [1.29, 1.82) is 0 Å². The summed E-state index contributed by atoms with van der Waals surface area (Å²) in [4.78, 5) is 8.61. The molecule has 0 radical (unpaired) electrons. The molecule has 8 heteroatoms. The molecule has 138 valence electrons. The average molecular weight is 354 g/mol. The van der Waals surface area contributed by atoms with Crippen LogP contribution in [0.3, 0.4) is 0 Å². The first-order chi connectivity index (χ1) is 12.0. The maximum absolute atomic E-state index is 6.14. The number of nitrogens with zero attached hydrogens (tertiary/aromatic N) is 6. The van der Waals surface area contributed by atoms with E-state index in [9.17, 15) is 0 Å². The Morgan fingerprint density at radius 3 is 1.38 bits per heavy atom.